The quantitative estimate of drug-likeness (QED) is 0.913. The molecule has 0 amide bonds. The van der Waals surface area contributed by atoms with E-state index >= 15 is 0 Å². The summed E-state index contributed by atoms with van der Waals surface area (Å²) in [5.74, 6) is 0.636. The topological polar surface area (TPSA) is 51.0 Å². The Bertz CT molecular complexity index is 504. The Kier molecular flexibility index (Phi) is 4.74. The van der Waals surface area contributed by atoms with Crippen molar-refractivity contribution in [1.29, 1.82) is 0 Å². The third kappa shape index (κ3) is 3.54. The Hall–Kier alpha value is -0.910. The van der Waals surface area contributed by atoms with Crippen molar-refractivity contribution in [3.63, 3.8) is 0 Å². The third-order valence-electron chi connectivity index (χ3n) is 2.63. The molecule has 1 atom stereocenters. The van der Waals surface area contributed by atoms with Gasteiger partial charge in [-0.3, -0.25) is 0 Å². The summed E-state index contributed by atoms with van der Waals surface area (Å²) in [5.41, 5.74) is 1.07. The highest BCUT2D eigenvalue weighted by atomic mass is 79.9. The normalized spacial score (nSPS) is 12.6. The van der Waals surface area contributed by atoms with Crippen molar-refractivity contribution in [2.45, 2.75) is 19.4 Å². The maximum atomic E-state index is 6.19. The zero-order valence-electron chi connectivity index (χ0n) is 9.86. The maximum absolute atomic E-state index is 6.19. The second-order valence-corrected chi connectivity index (χ2v) is 5.25. The molecule has 2 aromatic rings. The van der Waals surface area contributed by atoms with E-state index in [9.17, 15) is 0 Å². The second-order valence-electron chi connectivity index (χ2n) is 3.93. The van der Waals surface area contributed by atoms with Crippen molar-refractivity contribution in [3.8, 4) is 0 Å². The average Bonchev–Trinajstić information content (AvgIpc) is 2.81. The van der Waals surface area contributed by atoms with E-state index in [2.05, 4.69) is 38.3 Å². The van der Waals surface area contributed by atoms with Gasteiger partial charge in [-0.1, -0.05) is 38.8 Å². The van der Waals surface area contributed by atoms with Crippen LogP contribution in [0.1, 0.15) is 24.4 Å². The van der Waals surface area contributed by atoms with Crippen molar-refractivity contribution >= 4 is 27.5 Å². The van der Waals surface area contributed by atoms with Gasteiger partial charge in [0.1, 0.15) is 0 Å². The molecule has 0 aliphatic rings. The van der Waals surface area contributed by atoms with Gasteiger partial charge in [0.15, 0.2) is 6.33 Å². The largest absolute Gasteiger partial charge is 0.340 e. The van der Waals surface area contributed by atoms with Crippen LogP contribution in [0.4, 0.5) is 0 Å². The Morgan fingerprint density at radius 2 is 2.33 bits per heavy atom. The van der Waals surface area contributed by atoms with E-state index in [1.165, 1.54) is 6.33 Å². The van der Waals surface area contributed by atoms with E-state index < -0.39 is 0 Å². The van der Waals surface area contributed by atoms with Crippen LogP contribution in [0.25, 0.3) is 0 Å². The van der Waals surface area contributed by atoms with Crippen LogP contribution in [0.3, 0.4) is 0 Å². The summed E-state index contributed by atoms with van der Waals surface area (Å²) in [6.45, 7) is 2.83. The molecule has 0 radical (unpaired) electrons. The van der Waals surface area contributed by atoms with Crippen molar-refractivity contribution < 1.29 is 4.52 Å². The van der Waals surface area contributed by atoms with Gasteiger partial charge in [0, 0.05) is 28.5 Å². The highest BCUT2D eigenvalue weighted by Gasteiger charge is 2.09. The molecule has 96 valence electrons. The van der Waals surface area contributed by atoms with Gasteiger partial charge in [-0.05, 0) is 24.6 Å². The van der Waals surface area contributed by atoms with Crippen LogP contribution in [0, 0.1) is 0 Å². The van der Waals surface area contributed by atoms with Gasteiger partial charge in [0.25, 0.3) is 0 Å². The minimum Gasteiger partial charge on any atom is -0.340 e. The number of benzene rings is 1. The molecule has 18 heavy (non-hydrogen) atoms. The number of hydrogen-bond donors (Lipinski definition) is 1. The summed E-state index contributed by atoms with van der Waals surface area (Å²) >= 11 is 9.58. The van der Waals surface area contributed by atoms with Gasteiger partial charge in [-0.25, -0.2) is 0 Å². The lowest BCUT2D eigenvalue weighted by Crippen LogP contribution is -2.21. The smallest absolute Gasteiger partial charge is 0.227 e. The molecule has 4 nitrogen and oxygen atoms in total. The molecule has 0 aliphatic carbocycles. The standard InChI is InChI=1S/C12H13BrClN3O/c1-8(10-3-2-9(13)6-11(10)14)15-5-4-12-16-7-17-18-12/h2-3,6-8,15H,4-5H2,1H3. The fraction of sp³-hybridized carbons (Fsp3) is 0.333. The van der Waals surface area contributed by atoms with Crippen LogP contribution in [0.5, 0.6) is 0 Å². The summed E-state index contributed by atoms with van der Waals surface area (Å²) in [6, 6.07) is 6.06. The molecule has 0 saturated carbocycles. The zero-order chi connectivity index (χ0) is 13.0. The minimum absolute atomic E-state index is 0.175. The maximum Gasteiger partial charge on any atom is 0.227 e. The van der Waals surface area contributed by atoms with Crippen LogP contribution < -0.4 is 5.32 Å². The third-order valence-corrected chi connectivity index (χ3v) is 3.45. The van der Waals surface area contributed by atoms with E-state index in [-0.39, 0.29) is 6.04 Å². The molecular formula is C12H13BrClN3O. The Labute approximate surface area is 119 Å². The van der Waals surface area contributed by atoms with Gasteiger partial charge in [-0.2, -0.15) is 4.98 Å². The van der Waals surface area contributed by atoms with Crippen LogP contribution in [0.2, 0.25) is 5.02 Å². The summed E-state index contributed by atoms with van der Waals surface area (Å²) in [7, 11) is 0. The number of nitrogens with zero attached hydrogens (tertiary/aromatic N) is 2. The van der Waals surface area contributed by atoms with Crippen LogP contribution in [-0.4, -0.2) is 16.7 Å². The first-order valence-electron chi connectivity index (χ1n) is 5.60. The monoisotopic (exact) mass is 329 g/mol. The first kappa shape index (κ1) is 13.5. The van der Waals surface area contributed by atoms with Crippen LogP contribution >= 0.6 is 27.5 Å². The van der Waals surface area contributed by atoms with Gasteiger partial charge in [0.2, 0.25) is 5.89 Å². The van der Waals surface area contributed by atoms with Gasteiger partial charge < -0.3 is 9.84 Å². The zero-order valence-corrected chi connectivity index (χ0v) is 12.2. The lowest BCUT2D eigenvalue weighted by molar-refractivity contribution is 0.372. The lowest BCUT2D eigenvalue weighted by atomic mass is 10.1. The Balaban J connectivity index is 1.89. The number of aromatic nitrogens is 2. The molecule has 1 unspecified atom stereocenters. The minimum atomic E-state index is 0.175. The van der Waals surface area contributed by atoms with Gasteiger partial charge in [0.05, 0.1) is 0 Å². The van der Waals surface area contributed by atoms with Crippen LogP contribution in [-0.2, 0) is 6.42 Å². The highest BCUT2D eigenvalue weighted by molar-refractivity contribution is 9.10. The Morgan fingerprint density at radius 1 is 1.50 bits per heavy atom. The van der Waals surface area contributed by atoms with E-state index in [0.717, 1.165) is 21.6 Å². The molecule has 0 spiro atoms. The first-order chi connectivity index (χ1) is 8.66. The fourth-order valence-corrected chi connectivity index (χ4v) is 2.50. The highest BCUT2D eigenvalue weighted by Crippen LogP contribution is 2.26. The van der Waals surface area contributed by atoms with Crippen LogP contribution in [0.15, 0.2) is 33.5 Å². The molecule has 1 N–H and O–H groups in total. The summed E-state index contributed by atoms with van der Waals surface area (Å²) < 4.78 is 5.91. The van der Waals surface area contributed by atoms with E-state index in [1.807, 2.05) is 18.2 Å². The number of nitrogens with one attached hydrogen (secondary N) is 1. The molecular weight excluding hydrogens is 318 g/mol. The van der Waals surface area contributed by atoms with E-state index in [4.69, 9.17) is 16.1 Å². The van der Waals surface area contributed by atoms with E-state index in [1.54, 1.807) is 0 Å². The lowest BCUT2D eigenvalue weighted by Gasteiger charge is -2.15. The predicted octanol–water partition coefficient (Wildman–Crippen LogP) is 3.38. The number of halogens is 2. The molecule has 1 aromatic carbocycles. The first-order valence-corrected chi connectivity index (χ1v) is 6.78. The predicted molar refractivity (Wildman–Crippen MR) is 73.6 cm³/mol. The molecule has 0 aliphatic heterocycles. The average molecular weight is 331 g/mol. The summed E-state index contributed by atoms with van der Waals surface area (Å²) in [4.78, 5) is 3.96. The molecule has 0 bridgehead atoms. The van der Waals surface area contributed by atoms with Crippen molar-refractivity contribution in [3.05, 3.63) is 45.5 Å². The Morgan fingerprint density at radius 3 is 3.00 bits per heavy atom. The van der Waals surface area contributed by atoms with Crippen molar-refractivity contribution in [2.24, 2.45) is 0 Å². The molecule has 1 aromatic heterocycles. The summed E-state index contributed by atoms with van der Waals surface area (Å²) in [6.07, 6.45) is 2.11. The van der Waals surface area contributed by atoms with Crippen molar-refractivity contribution in [1.82, 2.24) is 15.5 Å². The molecule has 0 fully saturated rings. The number of rotatable bonds is 5. The molecule has 6 heteroatoms. The SMILES string of the molecule is CC(NCCc1ncno1)c1ccc(Br)cc1Cl. The molecule has 1 heterocycles. The van der Waals surface area contributed by atoms with Gasteiger partial charge in [-0.15, -0.1) is 0 Å². The fourth-order valence-electron chi connectivity index (χ4n) is 1.66. The van der Waals surface area contributed by atoms with E-state index in [0.29, 0.717) is 12.3 Å². The molecule has 0 saturated heterocycles. The summed E-state index contributed by atoms with van der Waals surface area (Å²) in [5, 5.41) is 7.68. The number of hydrogen-bond acceptors (Lipinski definition) is 4. The van der Waals surface area contributed by atoms with Gasteiger partial charge >= 0.3 is 0 Å². The molecule has 2 rings (SSSR count). The van der Waals surface area contributed by atoms with Crippen molar-refractivity contribution in [2.75, 3.05) is 6.54 Å². The second kappa shape index (κ2) is 6.31.